The maximum Gasteiger partial charge on any atom is 0.0621 e. The topological polar surface area (TPSA) is 20.2 Å². The van der Waals surface area contributed by atoms with E-state index < -0.39 is 0 Å². The van der Waals surface area contributed by atoms with Crippen molar-refractivity contribution in [2.24, 2.45) is 16.7 Å². The molecule has 1 rings (SSSR count). The first kappa shape index (κ1) is 9.05. The molecule has 2 unspecified atom stereocenters. The Hall–Kier alpha value is -0.0400. The highest BCUT2D eigenvalue weighted by Crippen LogP contribution is 2.56. The molecule has 0 heterocycles. The van der Waals surface area contributed by atoms with Gasteiger partial charge in [0.2, 0.25) is 0 Å². The fourth-order valence-corrected chi connectivity index (χ4v) is 1.65. The number of hydrogen-bond acceptors (Lipinski definition) is 1. The molecule has 0 spiro atoms. The van der Waals surface area contributed by atoms with E-state index >= 15 is 0 Å². The molecule has 11 heavy (non-hydrogen) atoms. The van der Waals surface area contributed by atoms with E-state index in [9.17, 15) is 5.11 Å². The van der Waals surface area contributed by atoms with Crippen LogP contribution in [0.4, 0.5) is 0 Å². The van der Waals surface area contributed by atoms with E-state index in [1.165, 1.54) is 6.42 Å². The average molecular weight is 156 g/mol. The third-order valence-corrected chi connectivity index (χ3v) is 2.86. The van der Waals surface area contributed by atoms with Crippen LogP contribution in [0.2, 0.25) is 0 Å². The Morgan fingerprint density at radius 3 is 1.82 bits per heavy atom. The predicted molar refractivity (Wildman–Crippen MR) is 47.3 cm³/mol. The van der Waals surface area contributed by atoms with E-state index in [1.807, 2.05) is 0 Å². The van der Waals surface area contributed by atoms with Gasteiger partial charge >= 0.3 is 0 Å². The van der Waals surface area contributed by atoms with E-state index in [0.717, 1.165) is 0 Å². The molecular weight excluding hydrogens is 136 g/mol. The summed E-state index contributed by atoms with van der Waals surface area (Å²) in [5.74, 6) is 0.530. The van der Waals surface area contributed by atoms with Crippen LogP contribution in [0.5, 0.6) is 0 Å². The third-order valence-electron chi connectivity index (χ3n) is 2.86. The van der Waals surface area contributed by atoms with Crippen LogP contribution in [-0.2, 0) is 0 Å². The Morgan fingerprint density at radius 1 is 1.36 bits per heavy atom. The molecule has 1 heteroatoms. The molecular formula is C10H20O. The highest BCUT2D eigenvalue weighted by atomic mass is 16.3. The number of rotatable bonds is 1. The minimum Gasteiger partial charge on any atom is -0.392 e. The van der Waals surface area contributed by atoms with Gasteiger partial charge in [-0.05, 0) is 23.2 Å². The summed E-state index contributed by atoms with van der Waals surface area (Å²) in [6, 6.07) is 0. The van der Waals surface area contributed by atoms with Gasteiger partial charge in [-0.1, -0.05) is 34.6 Å². The number of aliphatic hydroxyl groups is 1. The van der Waals surface area contributed by atoms with Crippen molar-refractivity contribution in [2.75, 3.05) is 0 Å². The molecule has 0 aromatic rings. The lowest BCUT2D eigenvalue weighted by Gasteiger charge is -2.27. The van der Waals surface area contributed by atoms with E-state index in [1.54, 1.807) is 0 Å². The van der Waals surface area contributed by atoms with Crippen LogP contribution < -0.4 is 0 Å². The molecule has 1 saturated carbocycles. The Kier molecular flexibility index (Phi) is 1.83. The second-order valence-electron chi connectivity index (χ2n) is 5.61. The molecule has 0 amide bonds. The Labute approximate surface area is 69.8 Å². The molecule has 1 nitrogen and oxygen atoms in total. The van der Waals surface area contributed by atoms with Crippen molar-refractivity contribution in [2.45, 2.75) is 47.1 Å². The normalized spacial score (nSPS) is 31.6. The molecule has 0 radical (unpaired) electrons. The largest absolute Gasteiger partial charge is 0.392 e. The zero-order chi connectivity index (χ0) is 8.86. The van der Waals surface area contributed by atoms with Crippen LogP contribution in [0.15, 0.2) is 0 Å². The Balaban J connectivity index is 2.52. The lowest BCUT2D eigenvalue weighted by molar-refractivity contribution is 0.0340. The summed E-state index contributed by atoms with van der Waals surface area (Å²) in [6.07, 6.45) is 1.06. The summed E-state index contributed by atoms with van der Waals surface area (Å²) in [5.41, 5.74) is 0.450. The number of aliphatic hydroxyl groups excluding tert-OH is 1. The van der Waals surface area contributed by atoms with Crippen LogP contribution in [0.3, 0.4) is 0 Å². The Morgan fingerprint density at radius 2 is 1.73 bits per heavy atom. The molecule has 0 saturated heterocycles. The zero-order valence-corrected chi connectivity index (χ0v) is 8.31. The van der Waals surface area contributed by atoms with Gasteiger partial charge in [0.25, 0.3) is 0 Å². The van der Waals surface area contributed by atoms with Gasteiger partial charge in [0.15, 0.2) is 0 Å². The van der Waals surface area contributed by atoms with Crippen LogP contribution in [0, 0.1) is 16.7 Å². The van der Waals surface area contributed by atoms with Crippen molar-refractivity contribution < 1.29 is 5.11 Å². The summed E-state index contributed by atoms with van der Waals surface area (Å²) in [5, 5.41) is 9.86. The first-order chi connectivity index (χ1) is 4.75. The lowest BCUT2D eigenvalue weighted by atomic mass is 9.84. The van der Waals surface area contributed by atoms with Crippen molar-refractivity contribution in [1.29, 1.82) is 0 Å². The molecule has 1 fully saturated rings. The molecule has 0 aromatic carbocycles. The third kappa shape index (κ3) is 1.76. The molecule has 1 aliphatic carbocycles. The quantitative estimate of drug-likeness (QED) is 0.618. The van der Waals surface area contributed by atoms with Gasteiger partial charge in [0.1, 0.15) is 0 Å². The van der Waals surface area contributed by atoms with Crippen LogP contribution in [0.25, 0.3) is 0 Å². The first-order valence-electron chi connectivity index (χ1n) is 4.43. The second kappa shape index (κ2) is 2.22. The monoisotopic (exact) mass is 156 g/mol. The van der Waals surface area contributed by atoms with Gasteiger partial charge in [-0.2, -0.15) is 0 Å². The lowest BCUT2D eigenvalue weighted by Crippen LogP contribution is -2.29. The van der Waals surface area contributed by atoms with Crippen LogP contribution in [-0.4, -0.2) is 11.2 Å². The molecule has 0 bridgehead atoms. The van der Waals surface area contributed by atoms with E-state index in [-0.39, 0.29) is 11.5 Å². The smallest absolute Gasteiger partial charge is 0.0621 e. The molecule has 1 N–H and O–H groups in total. The Bertz CT molecular complexity index is 153. The SMILES string of the molecule is CC(C)(C)C(O)C1CC1(C)C. The highest BCUT2D eigenvalue weighted by Gasteiger charge is 2.52. The predicted octanol–water partition coefficient (Wildman–Crippen LogP) is 2.44. The highest BCUT2D eigenvalue weighted by molar-refractivity contribution is 5.01. The van der Waals surface area contributed by atoms with Crippen molar-refractivity contribution in [3.05, 3.63) is 0 Å². The van der Waals surface area contributed by atoms with Gasteiger partial charge in [-0.25, -0.2) is 0 Å². The van der Waals surface area contributed by atoms with Gasteiger partial charge in [0, 0.05) is 0 Å². The van der Waals surface area contributed by atoms with Crippen LogP contribution in [0.1, 0.15) is 41.0 Å². The molecule has 2 atom stereocenters. The first-order valence-corrected chi connectivity index (χ1v) is 4.43. The molecule has 1 aliphatic rings. The standard InChI is InChI=1S/C10H20O/c1-9(2,3)8(11)7-6-10(7,4)5/h7-8,11H,6H2,1-5H3. The zero-order valence-electron chi connectivity index (χ0n) is 8.31. The second-order valence-corrected chi connectivity index (χ2v) is 5.61. The average Bonchev–Trinajstić information content (AvgIpc) is 2.36. The minimum atomic E-state index is -0.127. The fraction of sp³-hybridized carbons (Fsp3) is 1.00. The maximum absolute atomic E-state index is 9.86. The van der Waals surface area contributed by atoms with E-state index in [0.29, 0.717) is 11.3 Å². The van der Waals surface area contributed by atoms with Gasteiger partial charge in [-0.3, -0.25) is 0 Å². The van der Waals surface area contributed by atoms with Gasteiger partial charge < -0.3 is 5.11 Å². The van der Waals surface area contributed by atoms with Gasteiger partial charge in [-0.15, -0.1) is 0 Å². The van der Waals surface area contributed by atoms with E-state index in [2.05, 4.69) is 34.6 Å². The molecule has 0 aromatic heterocycles. The summed E-state index contributed by atoms with van der Waals surface area (Å²) in [4.78, 5) is 0. The summed E-state index contributed by atoms with van der Waals surface area (Å²) < 4.78 is 0. The fourth-order valence-electron chi connectivity index (χ4n) is 1.65. The van der Waals surface area contributed by atoms with Crippen molar-refractivity contribution in [3.8, 4) is 0 Å². The summed E-state index contributed by atoms with van der Waals surface area (Å²) in [6.45, 7) is 10.8. The van der Waals surface area contributed by atoms with Gasteiger partial charge in [0.05, 0.1) is 6.10 Å². The van der Waals surface area contributed by atoms with Crippen LogP contribution >= 0.6 is 0 Å². The summed E-state index contributed by atoms with van der Waals surface area (Å²) in [7, 11) is 0. The molecule has 0 aliphatic heterocycles. The number of hydrogen-bond donors (Lipinski definition) is 1. The summed E-state index contributed by atoms with van der Waals surface area (Å²) >= 11 is 0. The van der Waals surface area contributed by atoms with Crippen molar-refractivity contribution in [1.82, 2.24) is 0 Å². The van der Waals surface area contributed by atoms with Crippen molar-refractivity contribution >= 4 is 0 Å². The van der Waals surface area contributed by atoms with E-state index in [4.69, 9.17) is 0 Å². The minimum absolute atomic E-state index is 0.0540. The molecule has 66 valence electrons. The maximum atomic E-state index is 9.86. The van der Waals surface area contributed by atoms with Crippen molar-refractivity contribution in [3.63, 3.8) is 0 Å².